The number of carboxylic acid groups (broad SMARTS) is 1. The molecule has 1 aromatic rings. The Morgan fingerprint density at radius 3 is 2.48 bits per heavy atom. The molecular weight excluding hydrogens is 411 g/mol. The fourth-order valence-electron chi connectivity index (χ4n) is 6.93. The molecule has 0 bridgehead atoms. The number of hydrogen-bond acceptors (Lipinski definition) is 7. The quantitative estimate of drug-likeness (QED) is 0.375. The number of aromatic carboxylic acids is 1. The number of hydrogen-bond donors (Lipinski definition) is 3. The van der Waals surface area contributed by atoms with Gasteiger partial charge in [0.2, 0.25) is 0 Å². The zero-order valence-corrected chi connectivity index (χ0v) is 20.8. The van der Waals surface area contributed by atoms with Gasteiger partial charge in [-0.15, -0.1) is 0 Å². The first-order chi connectivity index (χ1) is 13.9. The van der Waals surface area contributed by atoms with E-state index in [4.69, 9.17) is 4.74 Å². The molecule has 0 aromatic heterocycles. The monoisotopic (exact) mass is 440 g/mol. The molecule has 2 fully saturated rings. The van der Waals surface area contributed by atoms with Gasteiger partial charge >= 0.3 is 29.6 Å². The van der Waals surface area contributed by atoms with E-state index in [1.807, 2.05) is 20.8 Å². The molecule has 2 aliphatic carbocycles. The first-order valence-electron chi connectivity index (χ1n) is 10.5. The molecule has 1 aromatic carbocycles. The van der Waals surface area contributed by atoms with Crippen molar-refractivity contribution in [2.24, 2.45) is 22.7 Å². The number of aromatic hydroxyl groups is 1. The Kier molecular flexibility index (Phi) is 6.12. The van der Waals surface area contributed by atoms with E-state index in [-0.39, 0.29) is 58.5 Å². The van der Waals surface area contributed by atoms with Crippen LogP contribution in [0, 0.1) is 22.7 Å². The largest absolute Gasteiger partial charge is 1.00 e. The summed E-state index contributed by atoms with van der Waals surface area (Å²) in [4.78, 5) is 23.3. The maximum atomic E-state index is 11.8. The first kappa shape index (κ1) is 24.5. The number of ether oxygens (including phenoxy) is 1. The molecule has 164 valence electrons. The van der Waals surface area contributed by atoms with Crippen LogP contribution in [0.4, 0.5) is 0 Å². The molecule has 1 heterocycles. The van der Waals surface area contributed by atoms with Crippen molar-refractivity contribution in [3.63, 3.8) is 0 Å². The van der Waals surface area contributed by atoms with Crippen LogP contribution < -0.4 is 39.4 Å². The van der Waals surface area contributed by atoms with Crippen LogP contribution in [0.2, 0.25) is 0 Å². The van der Waals surface area contributed by atoms with Gasteiger partial charge in [-0.1, -0.05) is 27.7 Å². The summed E-state index contributed by atoms with van der Waals surface area (Å²) in [7, 11) is 0. The number of fused-ring (bicyclic) bond motifs is 3. The predicted octanol–water partition coefficient (Wildman–Crippen LogP) is -1.55. The average Bonchev–Trinajstić information content (AvgIpc) is 3.07. The fourth-order valence-corrected chi connectivity index (χ4v) is 6.93. The summed E-state index contributed by atoms with van der Waals surface area (Å²) in [5, 5.41) is 43.5. The van der Waals surface area contributed by atoms with Gasteiger partial charge in [0.15, 0.2) is 6.29 Å². The Hall–Kier alpha value is -1.12. The second-order valence-corrected chi connectivity index (χ2v) is 10.2. The van der Waals surface area contributed by atoms with Gasteiger partial charge in [-0.25, -0.2) is 0 Å². The molecule has 6 atom stereocenters. The molecule has 0 amide bonds. The average molecular weight is 440 g/mol. The van der Waals surface area contributed by atoms with Crippen LogP contribution >= 0.6 is 0 Å². The SMILES string of the molecule is C[C@@H]1CC[C@H]2C(C)(C)[C@H](O)[C@H](O)C[C@]2(C)[C@@]12Cc1c(O)cc(C(=O)[O-])c(C=O)c1O2.[Na+]. The number of aliphatic hydroxyl groups is 2. The van der Waals surface area contributed by atoms with Crippen LogP contribution in [0.5, 0.6) is 11.5 Å². The summed E-state index contributed by atoms with van der Waals surface area (Å²) in [6, 6.07) is 1.05. The minimum Gasteiger partial charge on any atom is -0.545 e. The van der Waals surface area contributed by atoms with Crippen LogP contribution in [-0.4, -0.2) is 45.4 Å². The van der Waals surface area contributed by atoms with E-state index < -0.39 is 40.2 Å². The summed E-state index contributed by atoms with van der Waals surface area (Å²) in [6.45, 7) is 8.01. The van der Waals surface area contributed by atoms with Crippen molar-refractivity contribution < 1.29 is 64.3 Å². The number of carbonyl (C=O) groups excluding carboxylic acids is 2. The Morgan fingerprint density at radius 2 is 1.90 bits per heavy atom. The Bertz CT molecular complexity index is 929. The molecule has 1 spiro atoms. The number of phenols is 1. The number of aldehydes is 1. The maximum absolute atomic E-state index is 11.8. The molecule has 0 saturated heterocycles. The summed E-state index contributed by atoms with van der Waals surface area (Å²) >= 11 is 0. The summed E-state index contributed by atoms with van der Waals surface area (Å²) < 4.78 is 6.52. The Labute approximate surface area is 204 Å². The number of carboxylic acids is 1. The topological polar surface area (TPSA) is 127 Å². The third-order valence-electron chi connectivity index (χ3n) is 8.54. The molecule has 0 unspecified atom stereocenters. The molecule has 1 aliphatic heterocycles. The number of phenolic OH excluding ortho intramolecular Hbond substituents is 1. The molecule has 0 radical (unpaired) electrons. The van der Waals surface area contributed by atoms with Crippen molar-refractivity contribution in [1.29, 1.82) is 0 Å². The molecule has 31 heavy (non-hydrogen) atoms. The minimum atomic E-state index is -1.56. The zero-order valence-electron chi connectivity index (χ0n) is 18.8. The van der Waals surface area contributed by atoms with Crippen molar-refractivity contribution in [1.82, 2.24) is 0 Å². The van der Waals surface area contributed by atoms with Crippen LogP contribution in [0.1, 0.15) is 73.2 Å². The van der Waals surface area contributed by atoms with Crippen molar-refractivity contribution in [3.05, 3.63) is 22.8 Å². The molecule has 8 heteroatoms. The van der Waals surface area contributed by atoms with Gasteiger partial charge in [-0.3, -0.25) is 4.79 Å². The van der Waals surface area contributed by atoms with Crippen molar-refractivity contribution >= 4 is 12.3 Å². The summed E-state index contributed by atoms with van der Waals surface area (Å²) in [5.41, 5.74) is -2.11. The smallest absolute Gasteiger partial charge is 0.545 e. The standard InChI is InChI=1S/C23H30O7.Na/c1-11-5-6-17-21(2,3)19(27)16(26)9-22(17,4)23(11)8-13-15(25)7-12(20(28)29)14(10-24)18(13)30-23;/h7,10-11,16-17,19,25-27H,5-6,8-9H2,1-4H3,(H,28,29);/q;+1/p-1/t11-,16-,17+,19-,22+,23-;/m1./s1. The number of carbonyl (C=O) groups is 2. The van der Waals surface area contributed by atoms with Gasteiger partial charge in [0, 0.05) is 23.0 Å². The van der Waals surface area contributed by atoms with E-state index in [9.17, 15) is 30.0 Å². The van der Waals surface area contributed by atoms with Gasteiger partial charge in [0.05, 0.1) is 23.7 Å². The zero-order chi connectivity index (χ0) is 22.2. The molecule has 4 rings (SSSR count). The second kappa shape index (κ2) is 7.73. The number of aliphatic hydroxyl groups excluding tert-OH is 2. The van der Waals surface area contributed by atoms with Gasteiger partial charge in [0.25, 0.3) is 0 Å². The van der Waals surface area contributed by atoms with Crippen molar-refractivity contribution in [2.45, 2.75) is 71.2 Å². The van der Waals surface area contributed by atoms with Crippen LogP contribution in [-0.2, 0) is 6.42 Å². The van der Waals surface area contributed by atoms with Crippen LogP contribution in [0.25, 0.3) is 0 Å². The normalized spacial score (nSPS) is 37.9. The summed E-state index contributed by atoms with van der Waals surface area (Å²) in [5.74, 6) is -1.65. The van der Waals surface area contributed by atoms with Crippen molar-refractivity contribution in [2.75, 3.05) is 0 Å². The molecule has 3 N–H and O–H groups in total. The molecule has 7 nitrogen and oxygen atoms in total. The number of rotatable bonds is 2. The Morgan fingerprint density at radius 1 is 1.26 bits per heavy atom. The van der Waals surface area contributed by atoms with Crippen LogP contribution in [0.3, 0.4) is 0 Å². The van der Waals surface area contributed by atoms with Gasteiger partial charge in [-0.2, -0.15) is 0 Å². The number of benzene rings is 1. The van der Waals surface area contributed by atoms with E-state index in [2.05, 4.69) is 6.92 Å². The first-order valence-corrected chi connectivity index (χ1v) is 10.5. The van der Waals surface area contributed by atoms with Crippen molar-refractivity contribution in [3.8, 4) is 11.5 Å². The molecule has 3 aliphatic rings. The van der Waals surface area contributed by atoms with E-state index in [0.717, 1.165) is 18.9 Å². The third-order valence-corrected chi connectivity index (χ3v) is 8.54. The van der Waals surface area contributed by atoms with E-state index >= 15 is 0 Å². The predicted molar refractivity (Wildman–Crippen MR) is 105 cm³/mol. The maximum Gasteiger partial charge on any atom is 1.00 e. The fraction of sp³-hybridized carbons (Fsp3) is 0.652. The van der Waals surface area contributed by atoms with Gasteiger partial charge < -0.3 is 30.0 Å². The van der Waals surface area contributed by atoms with E-state index in [0.29, 0.717) is 24.7 Å². The van der Waals surface area contributed by atoms with Gasteiger partial charge in [-0.05, 0) is 42.6 Å². The third kappa shape index (κ3) is 3.11. The van der Waals surface area contributed by atoms with Crippen LogP contribution in [0.15, 0.2) is 6.07 Å². The summed E-state index contributed by atoms with van der Waals surface area (Å²) in [6.07, 6.45) is 0.902. The van der Waals surface area contributed by atoms with E-state index in [1.165, 1.54) is 0 Å². The Balaban J connectivity index is 0.00000272. The van der Waals surface area contributed by atoms with E-state index in [1.54, 1.807) is 0 Å². The molecule has 2 saturated carbocycles. The molecular formula is C23H29NaO7. The minimum absolute atomic E-state index is 0. The second-order valence-electron chi connectivity index (χ2n) is 10.2. The van der Waals surface area contributed by atoms with Gasteiger partial charge in [0.1, 0.15) is 17.1 Å².